The van der Waals surface area contributed by atoms with Crippen molar-refractivity contribution in [3.63, 3.8) is 0 Å². The summed E-state index contributed by atoms with van der Waals surface area (Å²) in [6.45, 7) is 5.36. The maximum Gasteiger partial charge on any atom is 0.274 e. The monoisotopic (exact) mass is 488 g/mol. The molecule has 1 saturated heterocycles. The molecule has 190 valence electrons. The molecule has 3 aromatic rings. The fourth-order valence-corrected chi connectivity index (χ4v) is 5.15. The van der Waals surface area contributed by atoms with Gasteiger partial charge in [-0.15, -0.1) is 0 Å². The number of likely N-dealkylation sites (tertiary alicyclic amines) is 1. The molecule has 7 heteroatoms. The summed E-state index contributed by atoms with van der Waals surface area (Å²) in [5.74, 6) is 1.07. The van der Waals surface area contributed by atoms with E-state index in [-0.39, 0.29) is 23.8 Å². The Morgan fingerprint density at radius 1 is 1.11 bits per heavy atom. The lowest BCUT2D eigenvalue weighted by Gasteiger charge is -2.40. The fraction of sp³-hybridized carbons (Fsp3) is 0.414. The van der Waals surface area contributed by atoms with Gasteiger partial charge in [0.05, 0.1) is 7.11 Å². The zero-order valence-electron chi connectivity index (χ0n) is 21.9. The van der Waals surface area contributed by atoms with E-state index in [0.717, 1.165) is 40.8 Å². The zero-order chi connectivity index (χ0) is 25.8. The van der Waals surface area contributed by atoms with Crippen LogP contribution in [0.4, 0.5) is 0 Å². The van der Waals surface area contributed by atoms with Gasteiger partial charge in [-0.3, -0.25) is 14.3 Å². The van der Waals surface area contributed by atoms with Crippen molar-refractivity contribution in [1.29, 1.82) is 0 Å². The van der Waals surface area contributed by atoms with Crippen LogP contribution in [0.15, 0.2) is 54.7 Å². The smallest absolute Gasteiger partial charge is 0.274 e. The highest BCUT2D eigenvalue weighted by Crippen LogP contribution is 2.29. The van der Waals surface area contributed by atoms with E-state index in [4.69, 9.17) is 4.74 Å². The molecule has 1 fully saturated rings. The van der Waals surface area contributed by atoms with Crippen LogP contribution in [0.1, 0.15) is 50.4 Å². The van der Waals surface area contributed by atoms with E-state index in [1.165, 1.54) is 0 Å². The van der Waals surface area contributed by atoms with Crippen LogP contribution in [0.3, 0.4) is 0 Å². The van der Waals surface area contributed by atoms with Crippen molar-refractivity contribution in [2.45, 2.75) is 39.2 Å². The summed E-state index contributed by atoms with van der Waals surface area (Å²) in [7, 11) is 5.35. The number of aryl methyl sites for hydroxylation is 3. The van der Waals surface area contributed by atoms with Crippen molar-refractivity contribution in [2.24, 2.45) is 13.0 Å². The van der Waals surface area contributed by atoms with Gasteiger partial charge in [0.2, 0.25) is 0 Å². The number of rotatable bonds is 7. The van der Waals surface area contributed by atoms with E-state index in [9.17, 15) is 9.59 Å². The van der Waals surface area contributed by atoms with Crippen LogP contribution in [-0.2, 0) is 13.5 Å². The Morgan fingerprint density at radius 2 is 1.86 bits per heavy atom. The number of hydrogen-bond acceptors (Lipinski definition) is 4. The minimum Gasteiger partial charge on any atom is -0.497 e. The molecule has 1 atom stereocenters. The summed E-state index contributed by atoms with van der Waals surface area (Å²) in [5, 5.41) is 4.33. The molecule has 1 aliphatic rings. The van der Waals surface area contributed by atoms with Crippen molar-refractivity contribution < 1.29 is 14.3 Å². The number of methoxy groups -OCH3 is 1. The van der Waals surface area contributed by atoms with Gasteiger partial charge in [0.1, 0.15) is 11.4 Å². The first-order valence-electron chi connectivity index (χ1n) is 12.5. The van der Waals surface area contributed by atoms with Crippen molar-refractivity contribution in [2.75, 3.05) is 27.2 Å². The Kier molecular flexibility index (Phi) is 7.77. The molecule has 0 bridgehead atoms. The Balaban J connectivity index is 1.53. The number of amides is 2. The second-order valence-corrected chi connectivity index (χ2v) is 9.86. The molecule has 36 heavy (non-hydrogen) atoms. The summed E-state index contributed by atoms with van der Waals surface area (Å²) in [4.78, 5) is 30.4. The second kappa shape index (κ2) is 11.0. The van der Waals surface area contributed by atoms with E-state index < -0.39 is 0 Å². The lowest BCUT2D eigenvalue weighted by Crippen LogP contribution is -2.48. The Hall–Kier alpha value is -3.61. The van der Waals surface area contributed by atoms with Crippen molar-refractivity contribution in [1.82, 2.24) is 19.6 Å². The van der Waals surface area contributed by atoms with Crippen LogP contribution >= 0.6 is 0 Å². The molecule has 0 saturated carbocycles. The van der Waals surface area contributed by atoms with Crippen molar-refractivity contribution in [3.8, 4) is 5.75 Å². The van der Waals surface area contributed by atoms with Crippen LogP contribution < -0.4 is 4.74 Å². The van der Waals surface area contributed by atoms with Gasteiger partial charge >= 0.3 is 0 Å². The quantitative estimate of drug-likeness (QED) is 0.498. The number of likely N-dealkylation sites (N-methyl/N-ethyl adjacent to an activating group) is 1. The first-order valence-corrected chi connectivity index (χ1v) is 12.5. The number of hydrogen-bond donors (Lipinski definition) is 0. The molecular weight excluding hydrogens is 452 g/mol. The lowest BCUT2D eigenvalue weighted by atomic mass is 9.84. The highest BCUT2D eigenvalue weighted by atomic mass is 16.5. The SMILES string of the molecule is COc1cccc(C[C@H](C2CCN(C(=O)c3cc(C)ccc3C)CC2)N(C)C(=O)c2ccn(C)n2)c1. The maximum atomic E-state index is 13.3. The molecule has 2 heterocycles. The number of aromatic nitrogens is 2. The Labute approximate surface area is 213 Å². The molecule has 1 aromatic heterocycles. The van der Waals surface area contributed by atoms with E-state index in [0.29, 0.717) is 25.2 Å². The van der Waals surface area contributed by atoms with Gasteiger partial charge in [-0.25, -0.2) is 0 Å². The first kappa shape index (κ1) is 25.5. The fourth-order valence-electron chi connectivity index (χ4n) is 5.15. The van der Waals surface area contributed by atoms with Crippen molar-refractivity contribution >= 4 is 11.8 Å². The van der Waals surface area contributed by atoms with Gasteiger partial charge in [-0.2, -0.15) is 5.10 Å². The van der Waals surface area contributed by atoms with Gasteiger partial charge < -0.3 is 14.5 Å². The molecule has 0 aliphatic carbocycles. The van der Waals surface area contributed by atoms with Gasteiger partial charge in [0, 0.05) is 45.0 Å². The number of carbonyl (C=O) groups excluding carboxylic acids is 2. The van der Waals surface area contributed by atoms with Crippen LogP contribution in [0.25, 0.3) is 0 Å². The molecular formula is C29H36N4O3. The zero-order valence-corrected chi connectivity index (χ0v) is 21.9. The number of nitrogens with zero attached hydrogens (tertiary/aromatic N) is 4. The largest absolute Gasteiger partial charge is 0.497 e. The predicted octanol–water partition coefficient (Wildman–Crippen LogP) is 4.28. The number of carbonyl (C=O) groups is 2. The lowest BCUT2D eigenvalue weighted by molar-refractivity contribution is 0.0518. The Bertz CT molecular complexity index is 1230. The summed E-state index contributed by atoms with van der Waals surface area (Å²) in [6.07, 6.45) is 4.17. The van der Waals surface area contributed by atoms with Gasteiger partial charge in [-0.1, -0.05) is 29.8 Å². The van der Waals surface area contributed by atoms with Gasteiger partial charge in [-0.05, 0) is 74.4 Å². The summed E-state index contributed by atoms with van der Waals surface area (Å²) in [6, 6.07) is 15.8. The summed E-state index contributed by atoms with van der Waals surface area (Å²) in [5.41, 5.74) is 4.44. The van der Waals surface area contributed by atoms with E-state index in [1.807, 2.05) is 74.1 Å². The molecule has 4 rings (SSSR count). The van der Waals surface area contributed by atoms with Crippen LogP contribution in [0, 0.1) is 19.8 Å². The second-order valence-electron chi connectivity index (χ2n) is 9.86. The van der Waals surface area contributed by atoms with Crippen molar-refractivity contribution in [3.05, 3.63) is 82.7 Å². The molecule has 7 nitrogen and oxygen atoms in total. The van der Waals surface area contributed by atoms with E-state index in [2.05, 4.69) is 11.2 Å². The molecule has 1 aliphatic heterocycles. The average molecular weight is 489 g/mol. The normalized spacial score (nSPS) is 15.0. The molecule has 0 unspecified atom stereocenters. The first-order chi connectivity index (χ1) is 17.3. The number of ether oxygens (including phenoxy) is 1. The highest BCUT2D eigenvalue weighted by molar-refractivity contribution is 5.96. The molecule has 0 spiro atoms. The van der Waals surface area contributed by atoms with Crippen LogP contribution in [0.5, 0.6) is 5.75 Å². The van der Waals surface area contributed by atoms with E-state index in [1.54, 1.807) is 24.1 Å². The maximum absolute atomic E-state index is 13.3. The van der Waals surface area contributed by atoms with Crippen LogP contribution in [-0.4, -0.2) is 64.7 Å². The molecule has 0 N–H and O–H groups in total. The third kappa shape index (κ3) is 5.61. The summed E-state index contributed by atoms with van der Waals surface area (Å²) >= 11 is 0. The van der Waals surface area contributed by atoms with Gasteiger partial charge in [0.15, 0.2) is 0 Å². The third-order valence-electron chi connectivity index (χ3n) is 7.32. The minimum absolute atomic E-state index is 0.0235. The standard InChI is InChI=1S/C29H36N4O3/c1-20-9-10-21(2)25(17-20)28(34)33-15-11-23(12-16-33)27(19-22-7-6-8-24(18-22)36-5)32(4)29(35)26-13-14-31(3)30-26/h6-10,13-14,17-18,23,27H,11-12,15-16,19H2,1-5H3/t27-/m1/s1. The topological polar surface area (TPSA) is 67.7 Å². The number of benzene rings is 2. The third-order valence-corrected chi connectivity index (χ3v) is 7.32. The highest BCUT2D eigenvalue weighted by Gasteiger charge is 2.34. The van der Waals surface area contributed by atoms with Gasteiger partial charge in [0.25, 0.3) is 11.8 Å². The number of piperidine rings is 1. The van der Waals surface area contributed by atoms with Crippen LogP contribution in [0.2, 0.25) is 0 Å². The minimum atomic E-state index is -0.0858. The Morgan fingerprint density at radius 3 is 2.53 bits per heavy atom. The predicted molar refractivity (Wildman–Crippen MR) is 140 cm³/mol. The summed E-state index contributed by atoms with van der Waals surface area (Å²) < 4.78 is 7.07. The average Bonchev–Trinajstić information content (AvgIpc) is 3.34. The molecule has 0 radical (unpaired) electrons. The molecule has 2 aromatic carbocycles. The molecule has 2 amide bonds. The van der Waals surface area contributed by atoms with E-state index >= 15 is 0 Å².